The Morgan fingerprint density at radius 3 is 0.674 bits per heavy atom. The second-order valence-electron chi connectivity index (χ2n) is 28.2. The summed E-state index contributed by atoms with van der Waals surface area (Å²) in [6, 6.07) is 0. The van der Waals surface area contributed by atoms with Gasteiger partial charge < -0.3 is 33.8 Å². The highest BCUT2D eigenvalue weighted by Crippen LogP contribution is 2.45. The number of phosphoric acid groups is 2. The molecule has 3 unspecified atom stereocenters. The van der Waals surface area contributed by atoms with Crippen LogP contribution in [0.2, 0.25) is 0 Å². The molecule has 5 atom stereocenters. The highest BCUT2D eigenvalue weighted by Gasteiger charge is 2.30. The van der Waals surface area contributed by atoms with E-state index in [0.717, 1.165) is 108 Å². The van der Waals surface area contributed by atoms with Gasteiger partial charge in [0, 0.05) is 25.7 Å². The quantitative estimate of drug-likeness (QED) is 0.0222. The number of esters is 4. The van der Waals surface area contributed by atoms with Crippen molar-refractivity contribution >= 4 is 39.5 Å². The fourth-order valence-corrected chi connectivity index (χ4v) is 12.6. The SMILES string of the molecule is CC(C)CCCCCCCCCCCCCCCCCCCCC(=O)OC[C@H](COP(=O)(O)OCC(O)COP(=O)(O)OC[C@@H](COC(=O)CCCCCCCCCC(C)C)OC(=O)CCCCCCCCCCCC(C)C)OC(=O)CCCCCCCCC(C)C. The van der Waals surface area contributed by atoms with E-state index in [1.165, 1.54) is 161 Å². The molecule has 0 fully saturated rings. The summed E-state index contributed by atoms with van der Waals surface area (Å²) in [4.78, 5) is 72.5. The topological polar surface area (TPSA) is 237 Å². The van der Waals surface area contributed by atoms with Crippen LogP contribution in [-0.4, -0.2) is 96.7 Å². The molecule has 0 saturated carbocycles. The second kappa shape index (κ2) is 62.6. The molecule has 0 saturated heterocycles. The summed E-state index contributed by atoms with van der Waals surface area (Å²) < 4.78 is 68.3. The Morgan fingerprint density at radius 2 is 0.457 bits per heavy atom. The first-order valence-corrected chi connectivity index (χ1v) is 40.7. The van der Waals surface area contributed by atoms with Crippen molar-refractivity contribution in [3.63, 3.8) is 0 Å². The second-order valence-corrected chi connectivity index (χ2v) is 31.1. The van der Waals surface area contributed by atoms with E-state index in [1.54, 1.807) is 0 Å². The fourth-order valence-electron chi connectivity index (χ4n) is 11.0. The number of carbonyl (C=O) groups is 4. The lowest BCUT2D eigenvalue weighted by Crippen LogP contribution is -2.30. The smallest absolute Gasteiger partial charge is 0.462 e. The van der Waals surface area contributed by atoms with Gasteiger partial charge in [0.2, 0.25) is 0 Å². The minimum Gasteiger partial charge on any atom is -0.462 e. The van der Waals surface area contributed by atoms with Crippen molar-refractivity contribution in [2.75, 3.05) is 39.6 Å². The Labute approximate surface area is 562 Å². The van der Waals surface area contributed by atoms with Gasteiger partial charge in [0.05, 0.1) is 26.4 Å². The van der Waals surface area contributed by atoms with E-state index in [2.05, 4.69) is 55.4 Å². The van der Waals surface area contributed by atoms with Crippen LogP contribution in [-0.2, 0) is 65.4 Å². The standard InChI is InChI=1S/C73H142O17P2/c1-63(2)49-41-33-25-20-17-15-13-11-9-10-12-14-16-18-22-28-37-45-53-70(75)83-60-69(90-73(78)56-48-40-32-31-36-44-52-66(7)8)62-88-92(81,82)86-58-67(74)57-85-91(79,80)87-61-68(59-84-71(76)54-46-38-30-24-27-35-43-51-65(5)6)89-72(77)55-47-39-29-23-19-21-26-34-42-50-64(3)4/h63-69,74H,9-62H2,1-8H3,(H,79,80)(H,81,82)/t67?,68-,69-/m1/s1. The summed E-state index contributed by atoms with van der Waals surface area (Å²) in [5, 5.41) is 10.6. The Balaban J connectivity index is 5.12. The number of rotatable bonds is 70. The molecule has 0 radical (unpaired) electrons. The summed E-state index contributed by atoms with van der Waals surface area (Å²) in [5.74, 6) is 0.802. The van der Waals surface area contributed by atoms with Crippen molar-refractivity contribution in [1.82, 2.24) is 0 Å². The van der Waals surface area contributed by atoms with Crippen molar-refractivity contribution in [2.45, 2.75) is 382 Å². The zero-order chi connectivity index (χ0) is 68.2. The Morgan fingerprint density at radius 1 is 0.272 bits per heavy atom. The predicted octanol–water partition coefficient (Wildman–Crippen LogP) is 20.9. The molecule has 0 aromatic rings. The van der Waals surface area contributed by atoms with Crippen LogP contribution >= 0.6 is 15.6 Å². The van der Waals surface area contributed by atoms with Crippen LogP contribution in [0.1, 0.15) is 364 Å². The maximum absolute atomic E-state index is 13.0. The number of aliphatic hydroxyl groups excluding tert-OH is 1. The largest absolute Gasteiger partial charge is 0.472 e. The molecule has 0 aliphatic carbocycles. The number of carbonyl (C=O) groups excluding carboxylic acids is 4. The van der Waals surface area contributed by atoms with Gasteiger partial charge in [0.25, 0.3) is 0 Å². The van der Waals surface area contributed by atoms with Crippen LogP contribution in [0.4, 0.5) is 0 Å². The molecule has 17 nitrogen and oxygen atoms in total. The lowest BCUT2D eigenvalue weighted by molar-refractivity contribution is -0.161. The van der Waals surface area contributed by atoms with Crippen LogP contribution < -0.4 is 0 Å². The molecule has 19 heteroatoms. The highest BCUT2D eigenvalue weighted by atomic mass is 31.2. The van der Waals surface area contributed by atoms with Crippen LogP contribution in [0.25, 0.3) is 0 Å². The number of hydrogen-bond acceptors (Lipinski definition) is 15. The summed E-state index contributed by atoms with van der Waals surface area (Å²) in [7, 11) is -9.90. The summed E-state index contributed by atoms with van der Waals surface area (Å²) in [6.07, 6.45) is 46.3. The Kier molecular flexibility index (Phi) is 61.3. The lowest BCUT2D eigenvalue weighted by atomic mass is 10.0. The molecule has 0 amide bonds. The van der Waals surface area contributed by atoms with Crippen molar-refractivity contribution in [1.29, 1.82) is 0 Å². The van der Waals surface area contributed by atoms with E-state index in [1.807, 2.05) is 0 Å². The number of aliphatic hydroxyl groups is 1. The first-order chi connectivity index (χ1) is 44.1. The van der Waals surface area contributed by atoms with Crippen molar-refractivity contribution in [3.8, 4) is 0 Å². The van der Waals surface area contributed by atoms with Gasteiger partial charge in [0.1, 0.15) is 19.3 Å². The van der Waals surface area contributed by atoms with Gasteiger partial charge in [-0.05, 0) is 49.4 Å². The minimum atomic E-state index is -4.95. The molecular weight excluding hydrogens is 1210 g/mol. The maximum Gasteiger partial charge on any atom is 0.472 e. The summed E-state index contributed by atoms with van der Waals surface area (Å²) in [6.45, 7) is 14.0. The molecular formula is C73H142O17P2. The Bertz CT molecular complexity index is 1820. The van der Waals surface area contributed by atoms with Gasteiger partial charge in [-0.25, -0.2) is 9.13 Å². The molecule has 0 bridgehead atoms. The lowest BCUT2D eigenvalue weighted by Gasteiger charge is -2.21. The molecule has 0 rings (SSSR count). The van der Waals surface area contributed by atoms with Gasteiger partial charge in [-0.2, -0.15) is 0 Å². The normalized spacial score (nSPS) is 14.2. The van der Waals surface area contributed by atoms with Gasteiger partial charge >= 0.3 is 39.5 Å². The third-order valence-electron chi connectivity index (χ3n) is 16.8. The zero-order valence-corrected chi connectivity index (χ0v) is 62.0. The van der Waals surface area contributed by atoms with Gasteiger partial charge in [-0.3, -0.25) is 37.3 Å². The van der Waals surface area contributed by atoms with Crippen LogP contribution in [0.15, 0.2) is 0 Å². The minimum absolute atomic E-state index is 0.102. The van der Waals surface area contributed by atoms with E-state index in [0.29, 0.717) is 37.5 Å². The maximum atomic E-state index is 13.0. The summed E-state index contributed by atoms with van der Waals surface area (Å²) in [5.41, 5.74) is 0. The molecule has 0 aromatic carbocycles. The average Bonchev–Trinajstić information content (AvgIpc) is 3.35. The van der Waals surface area contributed by atoms with Gasteiger partial charge in [-0.1, -0.05) is 312 Å². The predicted molar refractivity (Wildman–Crippen MR) is 372 cm³/mol. The molecule has 3 N–H and O–H groups in total. The zero-order valence-electron chi connectivity index (χ0n) is 60.2. The van der Waals surface area contributed by atoms with E-state index in [-0.39, 0.29) is 25.7 Å². The van der Waals surface area contributed by atoms with Gasteiger partial charge in [-0.15, -0.1) is 0 Å². The number of phosphoric ester groups is 2. The van der Waals surface area contributed by atoms with Crippen molar-refractivity contribution in [2.24, 2.45) is 23.7 Å². The third-order valence-corrected chi connectivity index (χ3v) is 18.7. The van der Waals surface area contributed by atoms with E-state index in [9.17, 15) is 43.2 Å². The number of ether oxygens (including phenoxy) is 4. The van der Waals surface area contributed by atoms with Gasteiger partial charge in [0.15, 0.2) is 12.2 Å². The van der Waals surface area contributed by atoms with Crippen LogP contribution in [0.3, 0.4) is 0 Å². The average molecular weight is 1350 g/mol. The molecule has 0 spiro atoms. The van der Waals surface area contributed by atoms with Crippen molar-refractivity contribution in [3.05, 3.63) is 0 Å². The van der Waals surface area contributed by atoms with E-state index >= 15 is 0 Å². The fraction of sp³-hybridized carbons (Fsp3) is 0.945. The number of hydrogen-bond donors (Lipinski definition) is 3. The molecule has 0 aliphatic rings. The highest BCUT2D eigenvalue weighted by molar-refractivity contribution is 7.47. The molecule has 0 heterocycles. The van der Waals surface area contributed by atoms with E-state index < -0.39 is 97.5 Å². The summed E-state index contributed by atoms with van der Waals surface area (Å²) >= 11 is 0. The van der Waals surface area contributed by atoms with Crippen LogP contribution in [0.5, 0.6) is 0 Å². The third kappa shape index (κ3) is 66.7. The monoisotopic (exact) mass is 1350 g/mol. The molecule has 92 heavy (non-hydrogen) atoms. The molecule has 0 aromatic heterocycles. The molecule has 546 valence electrons. The van der Waals surface area contributed by atoms with Crippen molar-refractivity contribution < 1.29 is 80.2 Å². The first-order valence-electron chi connectivity index (χ1n) is 37.7. The first kappa shape index (κ1) is 90.1. The molecule has 0 aliphatic heterocycles. The van der Waals surface area contributed by atoms with Crippen LogP contribution in [0, 0.1) is 23.7 Å². The number of unbranched alkanes of at least 4 members (excludes halogenated alkanes) is 36. The van der Waals surface area contributed by atoms with E-state index in [4.69, 9.17) is 37.0 Å². The Hall–Kier alpha value is -1.94.